The maximum Gasteiger partial charge on any atom is 0.228 e. The number of carbonyl (C=O) groups is 1. The van der Waals surface area contributed by atoms with Gasteiger partial charge in [0.2, 0.25) is 9.70 Å². The average molecular weight is 380 g/mol. The zero-order valence-corrected chi connectivity index (χ0v) is 16.2. The number of hydrogen-bond donors (Lipinski definition) is 2. The van der Waals surface area contributed by atoms with Crippen molar-refractivity contribution in [1.82, 2.24) is 5.32 Å². The first kappa shape index (κ1) is 20.4. The Bertz CT molecular complexity index is 515. The largest absolute Gasteiger partial charge is 0.362 e. The Morgan fingerprint density at radius 2 is 1.87 bits per heavy atom. The topological polar surface area (TPSA) is 41.1 Å². The van der Waals surface area contributed by atoms with Crippen LogP contribution in [-0.2, 0) is 4.79 Å². The molecule has 0 aliphatic carbocycles. The third-order valence-corrected chi connectivity index (χ3v) is 4.23. The number of aryl methyl sites for hydroxylation is 2. The van der Waals surface area contributed by atoms with E-state index >= 15 is 0 Å². The molecule has 3 nitrogen and oxygen atoms in total. The van der Waals surface area contributed by atoms with Crippen molar-refractivity contribution >= 4 is 46.4 Å². The molecule has 1 aromatic rings. The maximum atomic E-state index is 12.1. The Morgan fingerprint density at radius 1 is 1.17 bits per heavy atom. The lowest BCUT2D eigenvalue weighted by Gasteiger charge is -2.28. The van der Waals surface area contributed by atoms with Crippen molar-refractivity contribution < 1.29 is 4.79 Å². The number of carbonyl (C=O) groups excluding carboxylic acids is 1. The van der Waals surface area contributed by atoms with Gasteiger partial charge >= 0.3 is 0 Å². The number of nitrogens with one attached hydrogen (secondary N) is 2. The van der Waals surface area contributed by atoms with Gasteiger partial charge < -0.3 is 10.6 Å². The predicted octanol–water partition coefficient (Wildman–Crippen LogP) is 5.50. The van der Waals surface area contributed by atoms with Crippen LogP contribution in [0.2, 0.25) is 0 Å². The first-order valence-corrected chi connectivity index (χ1v) is 9.07. The molecule has 1 atom stereocenters. The van der Waals surface area contributed by atoms with Gasteiger partial charge in [-0.05, 0) is 31.9 Å². The second-order valence-electron chi connectivity index (χ2n) is 5.82. The van der Waals surface area contributed by atoms with Crippen LogP contribution >= 0.6 is 34.8 Å². The molecule has 0 aliphatic rings. The molecule has 1 rings (SSSR count). The first-order valence-electron chi connectivity index (χ1n) is 7.94. The molecule has 2 N–H and O–H groups in total. The fraction of sp³-hybridized carbons (Fsp3) is 0.588. The number of hydrogen-bond acceptors (Lipinski definition) is 2. The molecule has 1 amide bonds. The SMILES string of the molecule is CCCCCCC(=O)N[C@@H](Nc1ccc(C)cc1C)C(Cl)(Cl)Cl. The van der Waals surface area contributed by atoms with Crippen LogP contribution in [0.3, 0.4) is 0 Å². The van der Waals surface area contributed by atoms with Crippen LogP contribution in [0.15, 0.2) is 18.2 Å². The van der Waals surface area contributed by atoms with Crippen molar-refractivity contribution in [3.8, 4) is 0 Å². The van der Waals surface area contributed by atoms with E-state index in [-0.39, 0.29) is 5.91 Å². The number of unbranched alkanes of at least 4 members (excludes halogenated alkanes) is 3. The van der Waals surface area contributed by atoms with Crippen LogP contribution < -0.4 is 10.6 Å². The van der Waals surface area contributed by atoms with Crippen LogP contribution in [0.1, 0.15) is 50.2 Å². The number of rotatable bonds is 8. The Morgan fingerprint density at radius 3 is 2.43 bits per heavy atom. The molecule has 0 bridgehead atoms. The van der Waals surface area contributed by atoms with Crippen LogP contribution in [-0.4, -0.2) is 15.9 Å². The molecule has 0 saturated heterocycles. The molecule has 23 heavy (non-hydrogen) atoms. The molecule has 0 spiro atoms. The lowest BCUT2D eigenvalue weighted by molar-refractivity contribution is -0.121. The highest BCUT2D eigenvalue weighted by molar-refractivity contribution is 6.68. The van der Waals surface area contributed by atoms with Gasteiger partial charge in [0.05, 0.1) is 0 Å². The van der Waals surface area contributed by atoms with Crippen molar-refractivity contribution in [1.29, 1.82) is 0 Å². The van der Waals surface area contributed by atoms with Gasteiger partial charge in [-0.1, -0.05) is 78.7 Å². The summed E-state index contributed by atoms with van der Waals surface area (Å²) in [5, 5.41) is 5.90. The van der Waals surface area contributed by atoms with E-state index in [4.69, 9.17) is 34.8 Å². The third kappa shape index (κ3) is 7.65. The van der Waals surface area contributed by atoms with E-state index in [2.05, 4.69) is 17.6 Å². The Kier molecular flexibility index (Phi) is 8.52. The summed E-state index contributed by atoms with van der Waals surface area (Å²) in [5.74, 6) is -0.116. The van der Waals surface area contributed by atoms with Gasteiger partial charge in [0.25, 0.3) is 0 Å². The number of anilines is 1. The summed E-state index contributed by atoms with van der Waals surface area (Å²) in [7, 11) is 0. The van der Waals surface area contributed by atoms with E-state index in [0.29, 0.717) is 6.42 Å². The van der Waals surface area contributed by atoms with Gasteiger partial charge in [0.1, 0.15) is 6.17 Å². The molecule has 0 aliphatic heterocycles. The fourth-order valence-corrected chi connectivity index (χ4v) is 2.60. The number of alkyl halides is 3. The van der Waals surface area contributed by atoms with Crippen molar-refractivity contribution in [2.24, 2.45) is 0 Å². The van der Waals surface area contributed by atoms with E-state index in [0.717, 1.165) is 42.5 Å². The number of amides is 1. The molecule has 6 heteroatoms. The molecular weight excluding hydrogens is 355 g/mol. The second-order valence-corrected chi connectivity index (χ2v) is 8.18. The van der Waals surface area contributed by atoms with E-state index < -0.39 is 9.96 Å². The average Bonchev–Trinajstić information content (AvgIpc) is 2.44. The van der Waals surface area contributed by atoms with Gasteiger partial charge in [-0.25, -0.2) is 0 Å². The molecule has 0 unspecified atom stereocenters. The van der Waals surface area contributed by atoms with Gasteiger partial charge in [0, 0.05) is 12.1 Å². The zero-order valence-electron chi connectivity index (χ0n) is 13.9. The summed E-state index contributed by atoms with van der Waals surface area (Å²) >= 11 is 18.0. The van der Waals surface area contributed by atoms with Crippen LogP contribution in [0, 0.1) is 13.8 Å². The molecule has 130 valence electrons. The van der Waals surface area contributed by atoms with E-state index in [9.17, 15) is 4.79 Å². The minimum Gasteiger partial charge on any atom is -0.362 e. The highest BCUT2D eigenvalue weighted by Crippen LogP contribution is 2.32. The summed E-state index contributed by atoms with van der Waals surface area (Å²) in [5.41, 5.74) is 3.01. The maximum absolute atomic E-state index is 12.1. The predicted molar refractivity (Wildman–Crippen MR) is 101 cm³/mol. The Labute approximate surface area is 154 Å². The van der Waals surface area contributed by atoms with E-state index in [1.807, 2.05) is 32.0 Å². The van der Waals surface area contributed by atoms with Crippen LogP contribution in [0.5, 0.6) is 0 Å². The van der Waals surface area contributed by atoms with E-state index in [1.54, 1.807) is 0 Å². The summed E-state index contributed by atoms with van der Waals surface area (Å²) in [6.45, 7) is 6.12. The van der Waals surface area contributed by atoms with Crippen molar-refractivity contribution in [2.45, 2.75) is 62.8 Å². The summed E-state index contributed by atoms with van der Waals surface area (Å²) in [6, 6.07) is 5.92. The highest BCUT2D eigenvalue weighted by Gasteiger charge is 2.34. The van der Waals surface area contributed by atoms with Crippen molar-refractivity contribution in [2.75, 3.05) is 5.32 Å². The fourth-order valence-electron chi connectivity index (χ4n) is 2.28. The lowest BCUT2D eigenvalue weighted by Crippen LogP contribution is -2.49. The smallest absolute Gasteiger partial charge is 0.228 e. The number of benzene rings is 1. The molecule has 1 aromatic carbocycles. The summed E-state index contributed by atoms with van der Waals surface area (Å²) in [6.07, 6.45) is 3.79. The van der Waals surface area contributed by atoms with Gasteiger partial charge in [-0.2, -0.15) is 0 Å². The minimum absolute atomic E-state index is 0.116. The van der Waals surface area contributed by atoms with Crippen molar-refractivity contribution in [3.05, 3.63) is 29.3 Å². The molecule has 0 heterocycles. The van der Waals surface area contributed by atoms with Crippen molar-refractivity contribution in [3.63, 3.8) is 0 Å². The Balaban J connectivity index is 2.68. The summed E-state index contributed by atoms with van der Waals surface area (Å²) in [4.78, 5) is 12.1. The standard InChI is InChI=1S/C17H25Cl3N2O/c1-4-5-6-7-8-15(23)22-16(17(18,19)20)21-14-10-9-12(2)11-13(14)3/h9-11,16,21H,4-8H2,1-3H3,(H,22,23)/t16-/m1/s1. The van der Waals surface area contributed by atoms with E-state index in [1.165, 1.54) is 0 Å². The highest BCUT2D eigenvalue weighted by atomic mass is 35.6. The molecule has 0 fully saturated rings. The molecule has 0 saturated carbocycles. The van der Waals surface area contributed by atoms with Gasteiger partial charge in [-0.15, -0.1) is 0 Å². The zero-order chi connectivity index (χ0) is 17.5. The molecular formula is C17H25Cl3N2O. The Hall–Kier alpha value is -0.640. The second kappa shape index (κ2) is 9.61. The third-order valence-electron chi connectivity index (χ3n) is 3.57. The number of halogens is 3. The molecule has 0 aromatic heterocycles. The first-order chi connectivity index (χ1) is 10.7. The monoisotopic (exact) mass is 378 g/mol. The quantitative estimate of drug-likeness (QED) is 0.356. The molecule has 0 radical (unpaired) electrons. The van der Waals surface area contributed by atoms with Gasteiger partial charge in [0.15, 0.2) is 0 Å². The summed E-state index contributed by atoms with van der Waals surface area (Å²) < 4.78 is -1.64. The van der Waals surface area contributed by atoms with Crippen LogP contribution in [0.25, 0.3) is 0 Å². The minimum atomic E-state index is -1.64. The van der Waals surface area contributed by atoms with Crippen LogP contribution in [0.4, 0.5) is 5.69 Å². The van der Waals surface area contributed by atoms with Gasteiger partial charge in [-0.3, -0.25) is 4.79 Å². The lowest BCUT2D eigenvalue weighted by atomic mass is 10.1. The normalized spacial score (nSPS) is 12.8.